The highest BCUT2D eigenvalue weighted by molar-refractivity contribution is 5.91. The van der Waals surface area contributed by atoms with Crippen LogP contribution in [-0.2, 0) is 17.6 Å². The van der Waals surface area contributed by atoms with Crippen molar-refractivity contribution in [3.05, 3.63) is 70.9 Å². The molecule has 0 unspecified atom stereocenters. The Morgan fingerprint density at radius 1 is 1.04 bits per heavy atom. The van der Waals surface area contributed by atoms with Gasteiger partial charge >= 0.3 is 5.97 Å². The molecule has 0 amide bonds. The largest absolute Gasteiger partial charge is 0.465 e. The van der Waals surface area contributed by atoms with Gasteiger partial charge in [0.05, 0.1) is 18.4 Å². The molecule has 3 rings (SSSR count). The van der Waals surface area contributed by atoms with Crippen LogP contribution in [0.15, 0.2) is 48.5 Å². The molecule has 4 N–H and O–H groups in total. The number of nitrogen functional groups attached to an aromatic ring is 2. The second kappa shape index (κ2) is 9.19. The van der Waals surface area contributed by atoms with Crippen LogP contribution in [0.1, 0.15) is 34.1 Å². The van der Waals surface area contributed by atoms with Crippen molar-refractivity contribution in [2.45, 2.75) is 19.8 Å². The predicted octanol–water partition coefficient (Wildman–Crippen LogP) is 3.67. The summed E-state index contributed by atoms with van der Waals surface area (Å²) in [5, 5.41) is 0. The molecule has 1 aromatic heterocycles. The van der Waals surface area contributed by atoms with E-state index in [-0.39, 0.29) is 24.3 Å². The lowest BCUT2D eigenvalue weighted by molar-refractivity contribution is 0.0601. The number of esters is 1. The molecular formula is C21H23ClN4O2. The molecule has 28 heavy (non-hydrogen) atoms. The molecule has 0 saturated heterocycles. The fraction of sp³-hybridized carbons (Fsp3) is 0.190. The lowest BCUT2D eigenvalue weighted by atomic mass is 9.98. The second-order valence-electron chi connectivity index (χ2n) is 6.19. The predicted molar refractivity (Wildman–Crippen MR) is 114 cm³/mol. The van der Waals surface area contributed by atoms with Gasteiger partial charge < -0.3 is 16.2 Å². The number of carbonyl (C=O) groups excluding carboxylic acids is 1. The van der Waals surface area contributed by atoms with Crippen LogP contribution in [0.3, 0.4) is 0 Å². The summed E-state index contributed by atoms with van der Waals surface area (Å²) in [6, 6.07) is 15.5. The number of rotatable bonds is 5. The van der Waals surface area contributed by atoms with Gasteiger partial charge in [0.1, 0.15) is 5.82 Å². The molecule has 0 aliphatic rings. The monoisotopic (exact) mass is 398 g/mol. The van der Waals surface area contributed by atoms with Gasteiger partial charge in [-0.25, -0.2) is 9.78 Å². The third-order valence-corrected chi connectivity index (χ3v) is 4.43. The zero-order valence-corrected chi connectivity index (χ0v) is 16.6. The number of ether oxygens (including phenoxy) is 1. The first-order valence-corrected chi connectivity index (χ1v) is 8.70. The lowest BCUT2D eigenvalue weighted by Crippen LogP contribution is -2.09. The maximum absolute atomic E-state index is 11.7. The maximum Gasteiger partial charge on any atom is 0.337 e. The van der Waals surface area contributed by atoms with E-state index in [0.29, 0.717) is 17.8 Å². The number of nitrogens with two attached hydrogens (primary N) is 2. The number of halogens is 1. The van der Waals surface area contributed by atoms with Crippen LogP contribution in [0.25, 0.3) is 11.1 Å². The van der Waals surface area contributed by atoms with Gasteiger partial charge in [0, 0.05) is 12.0 Å². The van der Waals surface area contributed by atoms with E-state index in [9.17, 15) is 4.79 Å². The first kappa shape index (κ1) is 21.2. The number of aromatic nitrogens is 2. The Morgan fingerprint density at radius 3 is 2.39 bits per heavy atom. The summed E-state index contributed by atoms with van der Waals surface area (Å²) in [6.07, 6.45) is 1.38. The topological polar surface area (TPSA) is 104 Å². The van der Waals surface area contributed by atoms with Crippen LogP contribution in [0.5, 0.6) is 0 Å². The summed E-state index contributed by atoms with van der Waals surface area (Å²) in [6.45, 7) is 2.02. The summed E-state index contributed by atoms with van der Waals surface area (Å²) in [5.41, 5.74) is 17.1. The molecule has 0 fully saturated rings. The van der Waals surface area contributed by atoms with Gasteiger partial charge in [-0.2, -0.15) is 4.98 Å². The molecule has 0 aliphatic heterocycles. The van der Waals surface area contributed by atoms with Crippen LogP contribution in [-0.4, -0.2) is 23.0 Å². The van der Waals surface area contributed by atoms with E-state index < -0.39 is 0 Å². The Hall–Kier alpha value is -3.12. The van der Waals surface area contributed by atoms with Crippen LogP contribution in [0.2, 0.25) is 0 Å². The van der Waals surface area contributed by atoms with Gasteiger partial charge in [-0.05, 0) is 35.2 Å². The van der Waals surface area contributed by atoms with Crippen molar-refractivity contribution >= 4 is 30.1 Å². The minimum Gasteiger partial charge on any atom is -0.465 e. The molecule has 0 bridgehead atoms. The SMILES string of the molecule is CCc1nc(N)nc(N)c1Cc1ccc(-c2cccc(C(=O)OC)c2)cc1.Cl. The van der Waals surface area contributed by atoms with Crippen molar-refractivity contribution in [1.82, 2.24) is 9.97 Å². The molecule has 1 heterocycles. The van der Waals surface area contributed by atoms with E-state index in [1.807, 2.05) is 49.4 Å². The third-order valence-electron chi connectivity index (χ3n) is 4.43. The molecule has 0 spiro atoms. The van der Waals surface area contributed by atoms with E-state index in [1.54, 1.807) is 6.07 Å². The number of nitrogens with zero attached hydrogens (tertiary/aromatic N) is 2. The number of benzene rings is 2. The van der Waals surface area contributed by atoms with E-state index in [0.717, 1.165) is 34.4 Å². The Labute approximate surface area is 170 Å². The minimum absolute atomic E-state index is 0. The molecule has 2 aromatic carbocycles. The molecule has 6 nitrogen and oxygen atoms in total. The second-order valence-corrected chi connectivity index (χ2v) is 6.19. The number of hydrogen-bond donors (Lipinski definition) is 2. The van der Waals surface area contributed by atoms with Crippen LogP contribution >= 0.6 is 12.4 Å². The molecule has 0 atom stereocenters. The summed E-state index contributed by atoms with van der Waals surface area (Å²) in [7, 11) is 1.38. The lowest BCUT2D eigenvalue weighted by Gasteiger charge is -2.11. The smallest absolute Gasteiger partial charge is 0.337 e. The number of carbonyl (C=O) groups is 1. The third kappa shape index (κ3) is 4.58. The molecule has 3 aromatic rings. The molecule has 0 saturated carbocycles. The summed E-state index contributed by atoms with van der Waals surface area (Å²) >= 11 is 0. The quantitative estimate of drug-likeness (QED) is 0.635. The molecule has 0 aliphatic carbocycles. The Bertz CT molecular complexity index is 975. The van der Waals surface area contributed by atoms with Crippen molar-refractivity contribution in [1.29, 1.82) is 0 Å². The van der Waals surface area contributed by atoms with Crippen molar-refractivity contribution in [3.8, 4) is 11.1 Å². The fourth-order valence-electron chi connectivity index (χ4n) is 3.02. The minimum atomic E-state index is -0.348. The summed E-state index contributed by atoms with van der Waals surface area (Å²) in [5.74, 6) is 0.280. The molecule has 7 heteroatoms. The van der Waals surface area contributed by atoms with E-state index in [1.165, 1.54) is 7.11 Å². The average molecular weight is 399 g/mol. The zero-order valence-electron chi connectivity index (χ0n) is 15.8. The standard InChI is InChI=1S/C21H22N4O2.ClH/c1-3-18-17(19(22)25-21(23)24-18)11-13-7-9-14(10-8-13)15-5-4-6-16(12-15)20(26)27-2;/h4-10,12H,3,11H2,1-2H3,(H4,22,23,24,25);1H. The molecular weight excluding hydrogens is 376 g/mol. The Balaban J connectivity index is 0.00000280. The van der Waals surface area contributed by atoms with Gasteiger partial charge in [0.2, 0.25) is 5.95 Å². The van der Waals surface area contributed by atoms with Crippen molar-refractivity contribution in [2.24, 2.45) is 0 Å². The molecule has 0 radical (unpaired) electrons. The highest BCUT2D eigenvalue weighted by Crippen LogP contribution is 2.24. The Kier molecular flexibility index (Phi) is 6.95. The van der Waals surface area contributed by atoms with E-state index >= 15 is 0 Å². The average Bonchev–Trinajstić information content (AvgIpc) is 2.69. The number of anilines is 2. The van der Waals surface area contributed by atoms with Gasteiger partial charge in [-0.15, -0.1) is 12.4 Å². The number of methoxy groups -OCH3 is 1. The van der Waals surface area contributed by atoms with Gasteiger partial charge in [0.15, 0.2) is 0 Å². The van der Waals surface area contributed by atoms with Crippen molar-refractivity contribution < 1.29 is 9.53 Å². The van der Waals surface area contributed by atoms with Gasteiger partial charge in [0.25, 0.3) is 0 Å². The first-order chi connectivity index (χ1) is 13.0. The normalized spacial score (nSPS) is 10.2. The molecule has 146 valence electrons. The highest BCUT2D eigenvalue weighted by atomic mass is 35.5. The van der Waals surface area contributed by atoms with Gasteiger partial charge in [-0.1, -0.05) is 43.3 Å². The number of aryl methyl sites for hydroxylation is 1. The van der Waals surface area contributed by atoms with Crippen molar-refractivity contribution in [3.63, 3.8) is 0 Å². The van der Waals surface area contributed by atoms with Crippen LogP contribution in [0.4, 0.5) is 11.8 Å². The first-order valence-electron chi connectivity index (χ1n) is 8.70. The summed E-state index contributed by atoms with van der Waals surface area (Å²) in [4.78, 5) is 20.1. The van der Waals surface area contributed by atoms with Crippen LogP contribution in [0, 0.1) is 0 Å². The van der Waals surface area contributed by atoms with Gasteiger partial charge in [-0.3, -0.25) is 0 Å². The Morgan fingerprint density at radius 2 is 1.75 bits per heavy atom. The van der Waals surface area contributed by atoms with Crippen molar-refractivity contribution in [2.75, 3.05) is 18.6 Å². The number of hydrogen-bond acceptors (Lipinski definition) is 6. The highest BCUT2D eigenvalue weighted by Gasteiger charge is 2.11. The zero-order chi connectivity index (χ0) is 19.4. The van der Waals surface area contributed by atoms with Crippen LogP contribution < -0.4 is 11.5 Å². The van der Waals surface area contributed by atoms with E-state index in [2.05, 4.69) is 9.97 Å². The summed E-state index contributed by atoms with van der Waals surface area (Å²) < 4.78 is 4.78. The fourth-order valence-corrected chi connectivity index (χ4v) is 3.02. The maximum atomic E-state index is 11.7. The van der Waals surface area contributed by atoms with E-state index in [4.69, 9.17) is 16.2 Å².